The standard InChI is InChI=1S/C19H26/c1-12(2)16-9-7-8-15-10-11-17(13(3)4)18(14(5)6)19(15)16/h7-14H,1-6H3. The van der Waals surface area contributed by atoms with Gasteiger partial charge in [0.1, 0.15) is 0 Å². The van der Waals surface area contributed by atoms with Gasteiger partial charge in [-0.25, -0.2) is 0 Å². The molecule has 0 saturated heterocycles. The van der Waals surface area contributed by atoms with Crippen LogP contribution in [0.3, 0.4) is 0 Å². The van der Waals surface area contributed by atoms with Gasteiger partial charge in [0.05, 0.1) is 0 Å². The largest absolute Gasteiger partial charge is 0.0613 e. The second-order valence-corrected chi connectivity index (χ2v) is 6.48. The Kier molecular flexibility index (Phi) is 3.99. The number of benzene rings is 2. The first-order valence-electron chi connectivity index (χ1n) is 7.48. The maximum atomic E-state index is 2.33. The van der Waals surface area contributed by atoms with E-state index in [9.17, 15) is 0 Å². The molecule has 0 spiro atoms. The van der Waals surface area contributed by atoms with Crippen molar-refractivity contribution in [1.82, 2.24) is 0 Å². The molecule has 0 aromatic heterocycles. The van der Waals surface area contributed by atoms with Gasteiger partial charge in [-0.05, 0) is 45.2 Å². The minimum atomic E-state index is 0.570. The van der Waals surface area contributed by atoms with E-state index < -0.39 is 0 Å². The van der Waals surface area contributed by atoms with Crippen molar-refractivity contribution >= 4 is 10.8 Å². The minimum absolute atomic E-state index is 0.570. The molecule has 2 aromatic carbocycles. The van der Waals surface area contributed by atoms with Crippen molar-refractivity contribution in [2.75, 3.05) is 0 Å². The molecule has 0 nitrogen and oxygen atoms in total. The van der Waals surface area contributed by atoms with Gasteiger partial charge in [0.25, 0.3) is 0 Å². The highest BCUT2D eigenvalue weighted by atomic mass is 14.2. The molecule has 2 aromatic rings. The number of fused-ring (bicyclic) bond motifs is 1. The summed E-state index contributed by atoms with van der Waals surface area (Å²) in [5.74, 6) is 1.73. The average molecular weight is 254 g/mol. The van der Waals surface area contributed by atoms with Gasteiger partial charge in [-0.1, -0.05) is 71.9 Å². The Bertz CT molecular complexity index is 574. The summed E-state index contributed by atoms with van der Waals surface area (Å²) in [6.07, 6.45) is 0. The normalized spacial score (nSPS) is 12.1. The van der Waals surface area contributed by atoms with Crippen molar-refractivity contribution < 1.29 is 0 Å². The van der Waals surface area contributed by atoms with Crippen LogP contribution in [-0.2, 0) is 0 Å². The summed E-state index contributed by atoms with van der Waals surface area (Å²) in [5.41, 5.74) is 4.55. The first kappa shape index (κ1) is 14.1. The molecule has 0 heteroatoms. The molecule has 0 radical (unpaired) electrons. The lowest BCUT2D eigenvalue weighted by molar-refractivity contribution is 0.793. The molecule has 0 unspecified atom stereocenters. The molecule has 0 aliphatic carbocycles. The Hall–Kier alpha value is -1.30. The van der Waals surface area contributed by atoms with Crippen LogP contribution in [-0.4, -0.2) is 0 Å². The fourth-order valence-corrected chi connectivity index (χ4v) is 3.06. The molecule has 2 rings (SSSR count). The fraction of sp³-hybridized carbons (Fsp3) is 0.474. The van der Waals surface area contributed by atoms with Gasteiger partial charge in [0.15, 0.2) is 0 Å². The van der Waals surface area contributed by atoms with Crippen LogP contribution < -0.4 is 0 Å². The number of rotatable bonds is 3. The summed E-state index contributed by atoms with van der Waals surface area (Å²) in [6, 6.07) is 11.4. The summed E-state index contributed by atoms with van der Waals surface area (Å²) >= 11 is 0. The molecular formula is C19H26. The Morgan fingerprint density at radius 1 is 0.632 bits per heavy atom. The van der Waals surface area contributed by atoms with Crippen molar-refractivity contribution in [1.29, 1.82) is 0 Å². The SMILES string of the molecule is CC(C)c1ccc2cccc(C(C)C)c2c1C(C)C. The van der Waals surface area contributed by atoms with E-state index in [1.165, 1.54) is 21.9 Å². The molecule has 0 atom stereocenters. The van der Waals surface area contributed by atoms with Gasteiger partial charge >= 0.3 is 0 Å². The Labute approximate surface area is 117 Å². The highest BCUT2D eigenvalue weighted by Crippen LogP contribution is 2.37. The molecule has 0 aliphatic rings. The summed E-state index contributed by atoms with van der Waals surface area (Å²) in [7, 11) is 0. The highest BCUT2D eigenvalue weighted by molar-refractivity contribution is 5.91. The second kappa shape index (κ2) is 5.36. The Morgan fingerprint density at radius 2 is 1.26 bits per heavy atom. The Balaban J connectivity index is 2.90. The molecular weight excluding hydrogens is 228 g/mol. The monoisotopic (exact) mass is 254 g/mol. The minimum Gasteiger partial charge on any atom is -0.0613 e. The van der Waals surface area contributed by atoms with Crippen LogP contribution in [0.25, 0.3) is 10.8 Å². The van der Waals surface area contributed by atoms with E-state index in [1.807, 2.05) is 0 Å². The van der Waals surface area contributed by atoms with Crippen molar-refractivity contribution in [2.45, 2.75) is 59.3 Å². The van der Waals surface area contributed by atoms with E-state index in [-0.39, 0.29) is 0 Å². The van der Waals surface area contributed by atoms with E-state index >= 15 is 0 Å². The van der Waals surface area contributed by atoms with E-state index in [0.717, 1.165) is 0 Å². The quantitative estimate of drug-likeness (QED) is 0.611. The third-order valence-corrected chi connectivity index (χ3v) is 3.97. The third kappa shape index (κ3) is 2.54. The number of hydrogen-bond acceptors (Lipinski definition) is 0. The Morgan fingerprint density at radius 3 is 1.79 bits per heavy atom. The highest BCUT2D eigenvalue weighted by Gasteiger charge is 2.16. The van der Waals surface area contributed by atoms with Crippen molar-refractivity contribution in [3.05, 3.63) is 47.0 Å². The summed E-state index contributed by atoms with van der Waals surface area (Å²) in [5, 5.41) is 2.89. The predicted molar refractivity (Wildman–Crippen MR) is 86.2 cm³/mol. The zero-order valence-electron chi connectivity index (χ0n) is 13.1. The predicted octanol–water partition coefficient (Wildman–Crippen LogP) is 6.21. The van der Waals surface area contributed by atoms with Crippen LogP contribution in [0.4, 0.5) is 0 Å². The lowest BCUT2D eigenvalue weighted by Gasteiger charge is -2.22. The van der Waals surface area contributed by atoms with Crippen LogP contribution in [0.5, 0.6) is 0 Å². The van der Waals surface area contributed by atoms with Crippen molar-refractivity contribution in [3.8, 4) is 0 Å². The van der Waals surface area contributed by atoms with Crippen molar-refractivity contribution in [2.24, 2.45) is 0 Å². The number of hydrogen-bond donors (Lipinski definition) is 0. The molecule has 0 fully saturated rings. The van der Waals surface area contributed by atoms with Crippen molar-refractivity contribution in [3.63, 3.8) is 0 Å². The van der Waals surface area contributed by atoms with Crippen LogP contribution in [0.15, 0.2) is 30.3 Å². The van der Waals surface area contributed by atoms with E-state index in [0.29, 0.717) is 17.8 Å². The third-order valence-electron chi connectivity index (χ3n) is 3.97. The first-order valence-corrected chi connectivity index (χ1v) is 7.48. The van der Waals surface area contributed by atoms with E-state index in [4.69, 9.17) is 0 Å². The maximum Gasteiger partial charge on any atom is -0.0112 e. The molecule has 0 bridgehead atoms. The smallest absolute Gasteiger partial charge is 0.0112 e. The van der Waals surface area contributed by atoms with Gasteiger partial charge in [0, 0.05) is 0 Å². The summed E-state index contributed by atoms with van der Waals surface area (Å²) < 4.78 is 0. The maximum absolute atomic E-state index is 2.33. The lowest BCUT2D eigenvalue weighted by atomic mass is 9.83. The topological polar surface area (TPSA) is 0 Å². The molecule has 0 aliphatic heterocycles. The van der Waals surface area contributed by atoms with Crippen LogP contribution in [0.2, 0.25) is 0 Å². The lowest BCUT2D eigenvalue weighted by Crippen LogP contribution is -2.02. The van der Waals surface area contributed by atoms with Gasteiger partial charge in [-0.3, -0.25) is 0 Å². The zero-order valence-corrected chi connectivity index (χ0v) is 13.1. The van der Waals surface area contributed by atoms with E-state index in [2.05, 4.69) is 71.9 Å². The summed E-state index contributed by atoms with van der Waals surface area (Å²) in [6.45, 7) is 13.8. The molecule has 0 amide bonds. The van der Waals surface area contributed by atoms with Crippen LogP contribution >= 0.6 is 0 Å². The molecule has 19 heavy (non-hydrogen) atoms. The van der Waals surface area contributed by atoms with Crippen LogP contribution in [0, 0.1) is 0 Å². The van der Waals surface area contributed by atoms with Gasteiger partial charge in [-0.2, -0.15) is 0 Å². The molecule has 102 valence electrons. The van der Waals surface area contributed by atoms with Gasteiger partial charge in [-0.15, -0.1) is 0 Å². The summed E-state index contributed by atoms with van der Waals surface area (Å²) in [4.78, 5) is 0. The fourth-order valence-electron chi connectivity index (χ4n) is 3.06. The first-order chi connectivity index (χ1) is 8.93. The van der Waals surface area contributed by atoms with Crippen LogP contribution in [0.1, 0.15) is 76.0 Å². The van der Waals surface area contributed by atoms with Gasteiger partial charge in [0.2, 0.25) is 0 Å². The van der Waals surface area contributed by atoms with E-state index in [1.54, 1.807) is 5.56 Å². The second-order valence-electron chi connectivity index (χ2n) is 6.48. The molecule has 0 heterocycles. The zero-order chi connectivity index (χ0) is 14.2. The van der Waals surface area contributed by atoms with Gasteiger partial charge < -0.3 is 0 Å². The molecule has 0 saturated carbocycles. The average Bonchev–Trinajstić information content (AvgIpc) is 2.35. The molecule has 0 N–H and O–H groups in total.